The van der Waals surface area contributed by atoms with E-state index in [0.717, 1.165) is 25.7 Å². The summed E-state index contributed by atoms with van der Waals surface area (Å²) >= 11 is 0. The molecule has 0 aromatic rings. The van der Waals surface area contributed by atoms with Crippen LogP contribution >= 0.6 is 0 Å². The van der Waals surface area contributed by atoms with Gasteiger partial charge in [0.2, 0.25) is 11.8 Å². The topological polar surface area (TPSA) is 98.2 Å². The molecule has 86 valence electrons. The fourth-order valence-electron chi connectivity index (χ4n) is 1.10. The van der Waals surface area contributed by atoms with Crippen LogP contribution in [-0.2, 0) is 9.59 Å². The molecule has 0 aliphatic rings. The van der Waals surface area contributed by atoms with E-state index >= 15 is 0 Å². The van der Waals surface area contributed by atoms with Gasteiger partial charge in [0.05, 0.1) is 0 Å². The third-order valence-electron chi connectivity index (χ3n) is 2.11. The molecular formula is C10H19N3O2. The van der Waals surface area contributed by atoms with Gasteiger partial charge in [0.1, 0.15) is 0 Å². The van der Waals surface area contributed by atoms with Crippen LogP contribution in [0.25, 0.3) is 0 Å². The summed E-state index contributed by atoms with van der Waals surface area (Å²) < 4.78 is 0. The number of carbonyl (C=O) groups excluding carboxylic acids is 2. The molecule has 0 aliphatic heterocycles. The fourth-order valence-corrected chi connectivity index (χ4v) is 1.10. The molecule has 5 N–H and O–H groups in total. The lowest BCUT2D eigenvalue weighted by Gasteiger charge is -1.99. The van der Waals surface area contributed by atoms with E-state index < -0.39 is 0 Å². The van der Waals surface area contributed by atoms with Crippen LogP contribution in [0.3, 0.4) is 0 Å². The predicted octanol–water partition coefficient (Wildman–Crippen LogP) is 0.358. The van der Waals surface area contributed by atoms with Crippen molar-refractivity contribution in [3.05, 3.63) is 11.6 Å². The molecular weight excluding hydrogens is 194 g/mol. The van der Waals surface area contributed by atoms with Crippen molar-refractivity contribution in [1.29, 1.82) is 0 Å². The van der Waals surface area contributed by atoms with Gasteiger partial charge in [-0.3, -0.25) is 15.0 Å². The second-order valence-electron chi connectivity index (χ2n) is 3.42. The van der Waals surface area contributed by atoms with E-state index in [4.69, 9.17) is 11.6 Å². The summed E-state index contributed by atoms with van der Waals surface area (Å²) in [6, 6.07) is 0. The minimum atomic E-state index is -0.377. The van der Waals surface area contributed by atoms with Crippen LogP contribution in [0, 0.1) is 0 Å². The van der Waals surface area contributed by atoms with Crippen molar-refractivity contribution in [3.63, 3.8) is 0 Å². The highest BCUT2D eigenvalue weighted by Gasteiger charge is 1.98. The zero-order valence-electron chi connectivity index (χ0n) is 9.08. The average Bonchev–Trinajstić information content (AvgIpc) is 2.22. The van der Waals surface area contributed by atoms with E-state index in [2.05, 4.69) is 5.43 Å². The first-order valence-electron chi connectivity index (χ1n) is 5.04. The van der Waals surface area contributed by atoms with E-state index in [9.17, 15) is 9.59 Å². The van der Waals surface area contributed by atoms with Crippen LogP contribution in [0.4, 0.5) is 0 Å². The molecule has 2 amide bonds. The largest absolute Gasteiger partial charge is 0.366 e. The van der Waals surface area contributed by atoms with Gasteiger partial charge in [-0.1, -0.05) is 12.5 Å². The maximum Gasteiger partial charge on any atom is 0.244 e. The van der Waals surface area contributed by atoms with Gasteiger partial charge in [0.15, 0.2) is 0 Å². The van der Waals surface area contributed by atoms with E-state index in [0.29, 0.717) is 12.0 Å². The number of amides is 2. The molecule has 0 aliphatic carbocycles. The number of primary amides is 1. The summed E-state index contributed by atoms with van der Waals surface area (Å²) in [5, 5.41) is 0. The molecule has 5 nitrogen and oxygen atoms in total. The summed E-state index contributed by atoms with van der Waals surface area (Å²) in [4.78, 5) is 21.4. The van der Waals surface area contributed by atoms with Gasteiger partial charge >= 0.3 is 0 Å². The van der Waals surface area contributed by atoms with Crippen LogP contribution in [-0.4, -0.2) is 11.8 Å². The summed E-state index contributed by atoms with van der Waals surface area (Å²) in [6.45, 7) is 1.70. The fraction of sp³-hybridized carbons (Fsp3) is 0.600. The molecule has 0 saturated carbocycles. The highest BCUT2D eigenvalue weighted by atomic mass is 16.2. The lowest BCUT2D eigenvalue weighted by atomic mass is 10.1. The number of nitrogens with one attached hydrogen (secondary N) is 1. The van der Waals surface area contributed by atoms with Gasteiger partial charge in [0.25, 0.3) is 0 Å². The van der Waals surface area contributed by atoms with Gasteiger partial charge in [0, 0.05) is 12.0 Å². The van der Waals surface area contributed by atoms with Crippen LogP contribution in [0.1, 0.15) is 39.0 Å². The van der Waals surface area contributed by atoms with Crippen molar-refractivity contribution in [2.75, 3.05) is 0 Å². The number of nitrogens with two attached hydrogens (primary N) is 2. The standard InChI is InChI=1S/C10H19N3O2/c1-8(10(11)15)6-4-2-3-5-7-9(14)13-12/h6H,2-5,7,12H2,1H3,(H2,11,15)(H,13,14). The Balaban J connectivity index is 3.44. The molecule has 0 saturated heterocycles. The van der Waals surface area contributed by atoms with E-state index in [1.807, 2.05) is 6.08 Å². The molecule has 0 atom stereocenters. The van der Waals surface area contributed by atoms with E-state index in [1.54, 1.807) is 6.92 Å². The van der Waals surface area contributed by atoms with Gasteiger partial charge < -0.3 is 5.73 Å². The molecule has 5 heteroatoms. The number of unbranched alkanes of at least 4 members (excludes halogenated alkanes) is 3. The number of allylic oxidation sites excluding steroid dienone is 1. The van der Waals surface area contributed by atoms with Crippen LogP contribution in [0.5, 0.6) is 0 Å². The Bertz CT molecular complexity index is 249. The number of hydrogen-bond donors (Lipinski definition) is 3. The summed E-state index contributed by atoms with van der Waals surface area (Å²) in [7, 11) is 0. The molecule has 15 heavy (non-hydrogen) atoms. The number of rotatable bonds is 7. The average molecular weight is 213 g/mol. The van der Waals surface area contributed by atoms with E-state index in [1.165, 1.54) is 0 Å². The molecule has 0 bridgehead atoms. The molecule has 0 unspecified atom stereocenters. The minimum Gasteiger partial charge on any atom is -0.366 e. The molecule has 0 spiro atoms. The van der Waals surface area contributed by atoms with Crippen LogP contribution in [0.2, 0.25) is 0 Å². The third-order valence-corrected chi connectivity index (χ3v) is 2.11. The van der Waals surface area contributed by atoms with Crippen molar-refractivity contribution in [1.82, 2.24) is 5.43 Å². The Labute approximate surface area is 89.9 Å². The number of carbonyl (C=O) groups is 2. The second kappa shape index (κ2) is 7.99. The number of hydrogen-bond acceptors (Lipinski definition) is 3. The van der Waals surface area contributed by atoms with Crippen molar-refractivity contribution in [2.24, 2.45) is 11.6 Å². The highest BCUT2D eigenvalue weighted by Crippen LogP contribution is 2.05. The molecule has 0 aromatic carbocycles. The van der Waals surface area contributed by atoms with Crippen molar-refractivity contribution >= 4 is 11.8 Å². The summed E-state index contributed by atoms with van der Waals surface area (Å²) in [5.41, 5.74) is 7.73. The predicted molar refractivity (Wildman–Crippen MR) is 58.4 cm³/mol. The summed E-state index contributed by atoms with van der Waals surface area (Å²) in [6.07, 6.45) is 5.80. The maximum absolute atomic E-state index is 10.7. The first-order valence-corrected chi connectivity index (χ1v) is 5.04. The Kier molecular flexibility index (Phi) is 7.27. The van der Waals surface area contributed by atoms with Crippen LogP contribution < -0.4 is 17.0 Å². The normalized spacial score (nSPS) is 11.2. The molecule has 0 radical (unpaired) electrons. The third kappa shape index (κ3) is 7.69. The zero-order valence-corrected chi connectivity index (χ0v) is 9.08. The van der Waals surface area contributed by atoms with Crippen LogP contribution in [0.15, 0.2) is 11.6 Å². The Morgan fingerprint density at radius 1 is 1.27 bits per heavy atom. The zero-order chi connectivity index (χ0) is 11.7. The quantitative estimate of drug-likeness (QED) is 0.187. The van der Waals surface area contributed by atoms with Crippen molar-refractivity contribution in [3.8, 4) is 0 Å². The smallest absolute Gasteiger partial charge is 0.244 e. The molecule has 0 rings (SSSR count). The lowest BCUT2D eigenvalue weighted by Crippen LogP contribution is -2.29. The second-order valence-corrected chi connectivity index (χ2v) is 3.42. The molecule has 0 aromatic heterocycles. The molecule has 0 fully saturated rings. The van der Waals surface area contributed by atoms with E-state index in [-0.39, 0.29) is 11.8 Å². The minimum absolute atomic E-state index is 0.140. The number of hydrazine groups is 1. The maximum atomic E-state index is 10.7. The van der Waals surface area contributed by atoms with Crippen molar-refractivity contribution in [2.45, 2.75) is 39.0 Å². The monoisotopic (exact) mass is 213 g/mol. The summed E-state index contributed by atoms with van der Waals surface area (Å²) in [5.74, 6) is 4.41. The molecule has 0 heterocycles. The lowest BCUT2D eigenvalue weighted by molar-refractivity contribution is -0.121. The Hall–Kier alpha value is -1.36. The van der Waals surface area contributed by atoms with Gasteiger partial charge in [-0.25, -0.2) is 5.84 Å². The first kappa shape index (κ1) is 13.6. The first-order chi connectivity index (χ1) is 7.07. The van der Waals surface area contributed by atoms with Gasteiger partial charge in [-0.15, -0.1) is 0 Å². The SMILES string of the molecule is CC(=CCCCCCC(=O)NN)C(N)=O. The van der Waals surface area contributed by atoms with Gasteiger partial charge in [-0.05, 0) is 26.2 Å². The van der Waals surface area contributed by atoms with Gasteiger partial charge in [-0.2, -0.15) is 0 Å². The Morgan fingerprint density at radius 2 is 1.93 bits per heavy atom. The highest BCUT2D eigenvalue weighted by molar-refractivity contribution is 5.91. The van der Waals surface area contributed by atoms with Crippen molar-refractivity contribution < 1.29 is 9.59 Å². The Morgan fingerprint density at radius 3 is 2.47 bits per heavy atom.